The van der Waals surface area contributed by atoms with Crippen LogP contribution >= 0.6 is 23.2 Å². The second-order valence-electron chi connectivity index (χ2n) is 6.55. The van der Waals surface area contributed by atoms with E-state index in [1.54, 1.807) is 32.0 Å². The molecule has 7 nitrogen and oxygen atoms in total. The maximum Gasteiger partial charge on any atom is 0.295 e. The summed E-state index contributed by atoms with van der Waals surface area (Å²) in [4.78, 5) is 27.2. The molecule has 1 aliphatic heterocycles. The SMILES string of the molecule is Cc1cc(N2C(=O)C(O)=C(C(=O)c3ccc(C)o3)[C@@H]2c2ccc(Cl)c(Cl)c2)no1. The summed E-state index contributed by atoms with van der Waals surface area (Å²) in [5.41, 5.74) is 0.312. The van der Waals surface area contributed by atoms with Crippen LogP contribution in [0.3, 0.4) is 0 Å². The van der Waals surface area contributed by atoms with Gasteiger partial charge in [0.1, 0.15) is 11.5 Å². The van der Waals surface area contributed by atoms with Gasteiger partial charge in [0.15, 0.2) is 17.3 Å². The Morgan fingerprint density at radius 3 is 2.45 bits per heavy atom. The van der Waals surface area contributed by atoms with Crippen molar-refractivity contribution in [2.24, 2.45) is 0 Å². The Hall–Kier alpha value is -3.03. The van der Waals surface area contributed by atoms with Crippen molar-refractivity contribution in [2.45, 2.75) is 19.9 Å². The van der Waals surface area contributed by atoms with Crippen LogP contribution in [0.1, 0.15) is 33.7 Å². The number of aromatic nitrogens is 1. The summed E-state index contributed by atoms with van der Waals surface area (Å²) >= 11 is 12.2. The number of halogens is 2. The van der Waals surface area contributed by atoms with Crippen LogP contribution in [0, 0.1) is 13.8 Å². The Bertz CT molecular complexity index is 1180. The first kappa shape index (κ1) is 19.3. The number of ketones is 1. The Balaban J connectivity index is 1.90. The summed E-state index contributed by atoms with van der Waals surface area (Å²) in [6.07, 6.45) is 0. The molecule has 148 valence electrons. The van der Waals surface area contributed by atoms with E-state index in [0.717, 1.165) is 0 Å². The lowest BCUT2D eigenvalue weighted by Gasteiger charge is -2.24. The van der Waals surface area contributed by atoms with E-state index in [0.29, 0.717) is 22.1 Å². The van der Waals surface area contributed by atoms with E-state index in [9.17, 15) is 14.7 Å². The molecule has 0 saturated carbocycles. The molecule has 1 N–H and O–H groups in total. The summed E-state index contributed by atoms with van der Waals surface area (Å²) in [5, 5.41) is 15.0. The molecule has 3 heterocycles. The standard InChI is InChI=1S/C20H14Cl2N2O5/c1-9-3-6-14(28-9)18(25)16-17(11-4-5-12(21)13(22)8-11)24(20(27)19(16)26)15-7-10(2)29-23-15/h3-8,17,26H,1-2H3/t17-/m0/s1. The minimum absolute atomic E-state index is 0.0000869. The van der Waals surface area contributed by atoms with Gasteiger partial charge in [-0.25, -0.2) is 0 Å². The first-order valence-corrected chi connectivity index (χ1v) is 9.29. The van der Waals surface area contributed by atoms with Crippen molar-refractivity contribution >= 4 is 40.7 Å². The maximum absolute atomic E-state index is 13.1. The third kappa shape index (κ3) is 3.22. The number of furan rings is 1. The largest absolute Gasteiger partial charge is 0.503 e. The van der Waals surface area contributed by atoms with E-state index in [1.165, 1.54) is 23.1 Å². The molecule has 3 aromatic rings. The molecule has 29 heavy (non-hydrogen) atoms. The van der Waals surface area contributed by atoms with Gasteiger partial charge >= 0.3 is 0 Å². The molecule has 0 aliphatic carbocycles. The van der Waals surface area contributed by atoms with Crippen molar-refractivity contribution in [3.05, 3.63) is 80.6 Å². The van der Waals surface area contributed by atoms with Crippen molar-refractivity contribution < 1.29 is 23.6 Å². The number of carbonyl (C=O) groups is 2. The summed E-state index contributed by atoms with van der Waals surface area (Å²) < 4.78 is 10.5. The molecular weight excluding hydrogens is 419 g/mol. The average Bonchev–Trinajstić information content (AvgIpc) is 3.36. The maximum atomic E-state index is 13.1. The Morgan fingerprint density at radius 2 is 1.86 bits per heavy atom. The van der Waals surface area contributed by atoms with E-state index in [1.807, 2.05) is 0 Å². The van der Waals surface area contributed by atoms with Crippen LogP contribution < -0.4 is 4.90 Å². The number of anilines is 1. The lowest BCUT2D eigenvalue weighted by molar-refractivity contribution is -0.117. The smallest absolute Gasteiger partial charge is 0.295 e. The van der Waals surface area contributed by atoms with Crippen LogP contribution in [-0.4, -0.2) is 22.0 Å². The lowest BCUT2D eigenvalue weighted by atomic mass is 9.95. The van der Waals surface area contributed by atoms with Gasteiger partial charge in [-0.1, -0.05) is 34.4 Å². The summed E-state index contributed by atoms with van der Waals surface area (Å²) in [6.45, 7) is 3.35. The van der Waals surface area contributed by atoms with Crippen LogP contribution in [-0.2, 0) is 4.79 Å². The number of amides is 1. The Kier molecular flexibility index (Phi) is 4.72. The van der Waals surface area contributed by atoms with E-state index in [2.05, 4.69) is 5.16 Å². The van der Waals surface area contributed by atoms with Gasteiger partial charge in [0.25, 0.3) is 5.91 Å². The molecule has 4 rings (SSSR count). The number of aryl methyl sites for hydroxylation is 2. The number of hydrogen-bond acceptors (Lipinski definition) is 6. The predicted octanol–water partition coefficient (Wildman–Crippen LogP) is 4.97. The summed E-state index contributed by atoms with van der Waals surface area (Å²) in [6, 6.07) is 8.32. The second kappa shape index (κ2) is 7.09. The third-order valence-corrected chi connectivity index (χ3v) is 5.28. The highest BCUT2D eigenvalue weighted by Crippen LogP contribution is 2.42. The van der Waals surface area contributed by atoms with Crippen molar-refractivity contribution in [1.82, 2.24) is 5.16 Å². The molecular formula is C20H14Cl2N2O5. The van der Waals surface area contributed by atoms with Crippen molar-refractivity contribution in [1.29, 1.82) is 0 Å². The van der Waals surface area contributed by atoms with Gasteiger partial charge in [0.2, 0.25) is 5.78 Å². The number of rotatable bonds is 4. The highest BCUT2D eigenvalue weighted by atomic mass is 35.5. The Morgan fingerprint density at radius 1 is 1.10 bits per heavy atom. The van der Waals surface area contributed by atoms with Crippen molar-refractivity contribution in [3.63, 3.8) is 0 Å². The highest BCUT2D eigenvalue weighted by Gasteiger charge is 2.46. The minimum atomic E-state index is -1.00. The monoisotopic (exact) mass is 432 g/mol. The van der Waals surface area contributed by atoms with Crippen LogP contribution in [0.2, 0.25) is 10.0 Å². The number of aliphatic hydroxyl groups is 1. The molecule has 1 amide bonds. The third-order valence-electron chi connectivity index (χ3n) is 4.54. The van der Waals surface area contributed by atoms with Gasteiger partial charge in [0.05, 0.1) is 21.7 Å². The number of aliphatic hydroxyl groups excluding tert-OH is 1. The zero-order valence-corrected chi connectivity index (χ0v) is 16.8. The van der Waals surface area contributed by atoms with Crippen LogP contribution in [0.25, 0.3) is 0 Å². The van der Waals surface area contributed by atoms with Crippen LogP contribution in [0.15, 0.2) is 56.7 Å². The number of hydrogen-bond donors (Lipinski definition) is 1. The fourth-order valence-corrected chi connectivity index (χ4v) is 3.53. The molecule has 0 saturated heterocycles. The summed E-state index contributed by atoms with van der Waals surface area (Å²) in [5.74, 6) is -0.979. The number of carbonyl (C=O) groups excluding carboxylic acids is 2. The zero-order valence-electron chi connectivity index (χ0n) is 15.3. The van der Waals surface area contributed by atoms with E-state index >= 15 is 0 Å². The normalized spacial score (nSPS) is 16.8. The van der Waals surface area contributed by atoms with Gasteiger partial charge < -0.3 is 14.0 Å². The highest BCUT2D eigenvalue weighted by molar-refractivity contribution is 6.42. The Labute approximate surface area is 175 Å². The van der Waals surface area contributed by atoms with Gasteiger partial charge in [-0.15, -0.1) is 0 Å². The zero-order chi connectivity index (χ0) is 20.9. The van der Waals surface area contributed by atoms with E-state index in [4.69, 9.17) is 32.1 Å². The molecule has 1 atom stereocenters. The molecule has 0 bridgehead atoms. The quantitative estimate of drug-likeness (QED) is 0.584. The number of Topliss-reactive ketones (excluding diaryl/α,β-unsaturated/α-hetero) is 1. The number of benzene rings is 1. The van der Waals surface area contributed by atoms with Gasteiger partial charge in [0, 0.05) is 6.07 Å². The fourth-order valence-electron chi connectivity index (χ4n) is 3.23. The molecule has 9 heteroatoms. The van der Waals surface area contributed by atoms with E-state index in [-0.39, 0.29) is 22.2 Å². The molecule has 0 spiro atoms. The topological polar surface area (TPSA) is 96.8 Å². The van der Waals surface area contributed by atoms with Gasteiger partial charge in [-0.05, 0) is 43.7 Å². The first-order valence-electron chi connectivity index (χ1n) is 8.54. The van der Waals surface area contributed by atoms with Crippen LogP contribution in [0.4, 0.5) is 5.82 Å². The van der Waals surface area contributed by atoms with Gasteiger partial charge in [-0.2, -0.15) is 0 Å². The molecule has 0 radical (unpaired) electrons. The minimum Gasteiger partial charge on any atom is -0.503 e. The lowest BCUT2D eigenvalue weighted by Crippen LogP contribution is -2.31. The molecule has 0 unspecified atom stereocenters. The first-order chi connectivity index (χ1) is 13.8. The van der Waals surface area contributed by atoms with Crippen molar-refractivity contribution in [2.75, 3.05) is 4.90 Å². The second-order valence-corrected chi connectivity index (χ2v) is 7.36. The van der Waals surface area contributed by atoms with Gasteiger partial charge in [-0.3, -0.25) is 14.5 Å². The molecule has 2 aromatic heterocycles. The molecule has 1 aliphatic rings. The average molecular weight is 433 g/mol. The van der Waals surface area contributed by atoms with E-state index < -0.39 is 23.5 Å². The van der Waals surface area contributed by atoms with Crippen LogP contribution in [0.5, 0.6) is 0 Å². The predicted molar refractivity (Wildman–Crippen MR) is 105 cm³/mol. The number of nitrogens with zero attached hydrogens (tertiary/aromatic N) is 2. The molecule has 1 aromatic carbocycles. The molecule has 0 fully saturated rings. The van der Waals surface area contributed by atoms with Crippen molar-refractivity contribution in [3.8, 4) is 0 Å². The fraction of sp³-hybridized carbons (Fsp3) is 0.150. The summed E-state index contributed by atoms with van der Waals surface area (Å²) in [7, 11) is 0.